The number of benzene rings is 1. The van der Waals surface area contributed by atoms with Crippen molar-refractivity contribution in [1.29, 1.82) is 0 Å². The van der Waals surface area contributed by atoms with Crippen LogP contribution >= 0.6 is 0 Å². The van der Waals surface area contributed by atoms with Gasteiger partial charge in [0.2, 0.25) is 0 Å². The van der Waals surface area contributed by atoms with Gasteiger partial charge in [0.1, 0.15) is 11.9 Å². The van der Waals surface area contributed by atoms with Gasteiger partial charge in [0.15, 0.2) is 0 Å². The number of rotatable bonds is 10. The summed E-state index contributed by atoms with van der Waals surface area (Å²) in [5, 5.41) is 8.87. The van der Waals surface area contributed by atoms with Crippen molar-refractivity contribution in [3.8, 4) is 5.75 Å². The summed E-state index contributed by atoms with van der Waals surface area (Å²) in [6, 6.07) is 8.04. The number of hydrogen-bond acceptors (Lipinski definition) is 2. The van der Waals surface area contributed by atoms with E-state index in [9.17, 15) is 4.79 Å². The zero-order valence-corrected chi connectivity index (χ0v) is 16.4. The lowest BCUT2D eigenvalue weighted by molar-refractivity contribution is -0.131. The lowest BCUT2D eigenvalue weighted by Gasteiger charge is -2.26. The van der Waals surface area contributed by atoms with Gasteiger partial charge in [0.25, 0.3) is 0 Å². The van der Waals surface area contributed by atoms with Gasteiger partial charge in [0.05, 0.1) is 0 Å². The van der Waals surface area contributed by atoms with E-state index in [0.717, 1.165) is 42.6 Å². The summed E-state index contributed by atoms with van der Waals surface area (Å²) < 4.78 is 6.23. The maximum Gasteiger partial charge on any atom is 0.328 e. The van der Waals surface area contributed by atoms with Crippen LogP contribution in [0.25, 0.3) is 6.08 Å². The van der Waals surface area contributed by atoms with Crippen LogP contribution in [0.5, 0.6) is 5.75 Å². The molecule has 1 heterocycles. The summed E-state index contributed by atoms with van der Waals surface area (Å²) in [4.78, 5) is 10.8. The quantitative estimate of drug-likeness (QED) is 0.228. The standard InChI is InChI=1S/C24H30O3/c1-3-4-5-6-7-8-9-13-23-21(16-15-19(2)17-24(25)26)18-20-12-10-11-14-22(20)27-23/h4-5,10-12,14-18,23H,3,6-9,13H2,1-2H3,(H,25,26)/b5-4?,16-15+,19-17+. The van der Waals surface area contributed by atoms with Gasteiger partial charge in [-0.3, -0.25) is 0 Å². The van der Waals surface area contributed by atoms with E-state index in [2.05, 4.69) is 25.2 Å². The van der Waals surface area contributed by atoms with Gasteiger partial charge in [0, 0.05) is 11.6 Å². The van der Waals surface area contributed by atoms with Crippen molar-refractivity contribution in [2.24, 2.45) is 0 Å². The van der Waals surface area contributed by atoms with Gasteiger partial charge < -0.3 is 9.84 Å². The maximum atomic E-state index is 10.8. The molecule has 0 radical (unpaired) electrons. The van der Waals surface area contributed by atoms with Crippen LogP contribution in [0.2, 0.25) is 0 Å². The molecule has 27 heavy (non-hydrogen) atoms. The molecule has 2 rings (SSSR count). The van der Waals surface area contributed by atoms with Crippen LogP contribution in [0.4, 0.5) is 0 Å². The van der Waals surface area contributed by atoms with E-state index in [4.69, 9.17) is 9.84 Å². The van der Waals surface area contributed by atoms with Gasteiger partial charge in [-0.1, -0.05) is 55.8 Å². The third-order valence-corrected chi connectivity index (χ3v) is 4.51. The zero-order chi connectivity index (χ0) is 19.5. The van der Waals surface area contributed by atoms with Crippen LogP contribution in [-0.4, -0.2) is 17.2 Å². The lowest BCUT2D eigenvalue weighted by atomic mass is 9.96. The Balaban J connectivity index is 2.02. The molecular weight excluding hydrogens is 336 g/mol. The van der Waals surface area contributed by atoms with Crippen molar-refractivity contribution >= 4 is 12.0 Å². The van der Waals surface area contributed by atoms with Crippen molar-refractivity contribution in [3.05, 3.63) is 71.4 Å². The summed E-state index contributed by atoms with van der Waals surface area (Å²) >= 11 is 0. The second kappa shape index (κ2) is 11.2. The first-order chi connectivity index (χ1) is 13.1. The predicted octanol–water partition coefficient (Wildman–Crippen LogP) is 6.33. The largest absolute Gasteiger partial charge is 0.485 e. The van der Waals surface area contributed by atoms with Crippen molar-refractivity contribution in [1.82, 2.24) is 0 Å². The smallest absolute Gasteiger partial charge is 0.328 e. The first kappa shape index (κ1) is 20.8. The molecule has 1 aromatic carbocycles. The monoisotopic (exact) mass is 366 g/mol. The van der Waals surface area contributed by atoms with Crippen molar-refractivity contribution in [2.45, 2.75) is 58.5 Å². The molecule has 0 aromatic heterocycles. The number of carboxylic acids is 1. The van der Waals surface area contributed by atoms with E-state index in [0.29, 0.717) is 5.57 Å². The van der Waals surface area contributed by atoms with E-state index >= 15 is 0 Å². The highest BCUT2D eigenvalue weighted by atomic mass is 16.5. The fraction of sp³-hybridized carbons (Fsp3) is 0.375. The molecule has 0 bridgehead atoms. The summed E-state index contributed by atoms with van der Waals surface area (Å²) in [7, 11) is 0. The highest BCUT2D eigenvalue weighted by Crippen LogP contribution is 2.32. The average Bonchev–Trinajstić information content (AvgIpc) is 2.65. The molecule has 1 aliphatic rings. The SMILES string of the molecule is CCC=CCCCCCC1Oc2ccccc2C=C1/C=C/C(C)=C/C(=O)O. The molecule has 0 saturated carbocycles. The molecule has 1 atom stereocenters. The third-order valence-electron chi connectivity index (χ3n) is 4.51. The first-order valence-corrected chi connectivity index (χ1v) is 9.81. The summed E-state index contributed by atoms with van der Waals surface area (Å²) in [5.74, 6) is -0.00614. The average molecular weight is 367 g/mol. The zero-order valence-electron chi connectivity index (χ0n) is 16.4. The van der Waals surface area contributed by atoms with E-state index < -0.39 is 5.97 Å². The van der Waals surface area contributed by atoms with Gasteiger partial charge in [-0.25, -0.2) is 4.79 Å². The fourth-order valence-electron chi connectivity index (χ4n) is 3.11. The van der Waals surface area contributed by atoms with E-state index in [-0.39, 0.29) is 6.10 Å². The summed E-state index contributed by atoms with van der Waals surface area (Å²) in [5.41, 5.74) is 2.87. The minimum absolute atomic E-state index is 0.0139. The first-order valence-electron chi connectivity index (χ1n) is 9.81. The maximum absolute atomic E-state index is 10.8. The normalized spacial score (nSPS) is 17.0. The predicted molar refractivity (Wildman–Crippen MR) is 112 cm³/mol. The second-order valence-electron chi connectivity index (χ2n) is 6.87. The Morgan fingerprint density at radius 3 is 2.78 bits per heavy atom. The topological polar surface area (TPSA) is 46.5 Å². The molecule has 0 aliphatic carbocycles. The highest BCUT2D eigenvalue weighted by molar-refractivity contribution is 5.81. The third kappa shape index (κ3) is 7.30. The number of unbranched alkanes of at least 4 members (excludes halogenated alkanes) is 3. The number of aliphatic carboxylic acids is 1. The summed E-state index contributed by atoms with van der Waals surface area (Å²) in [6.45, 7) is 3.95. The number of para-hydroxylation sites is 1. The summed E-state index contributed by atoms with van der Waals surface area (Å²) in [6.07, 6.45) is 18.4. The Kier molecular flexibility index (Phi) is 8.63. The number of hydrogen-bond donors (Lipinski definition) is 1. The minimum Gasteiger partial charge on any atom is -0.485 e. The number of ether oxygens (including phenoxy) is 1. The van der Waals surface area contributed by atoms with Crippen molar-refractivity contribution < 1.29 is 14.6 Å². The van der Waals surface area contributed by atoms with E-state index in [1.165, 1.54) is 18.9 Å². The van der Waals surface area contributed by atoms with Crippen LogP contribution in [0.1, 0.15) is 57.9 Å². The minimum atomic E-state index is -0.926. The van der Waals surface area contributed by atoms with Gasteiger partial charge in [-0.15, -0.1) is 0 Å². The van der Waals surface area contributed by atoms with E-state index in [1.807, 2.05) is 36.4 Å². The number of carbonyl (C=O) groups is 1. The van der Waals surface area contributed by atoms with Crippen LogP contribution in [0.3, 0.4) is 0 Å². The fourth-order valence-corrected chi connectivity index (χ4v) is 3.11. The van der Waals surface area contributed by atoms with Gasteiger partial charge in [-0.05, 0) is 62.3 Å². The van der Waals surface area contributed by atoms with Crippen LogP contribution in [0, 0.1) is 0 Å². The molecular formula is C24H30O3. The molecule has 1 N–H and O–H groups in total. The molecule has 0 saturated heterocycles. The molecule has 0 fully saturated rings. The lowest BCUT2D eigenvalue weighted by Crippen LogP contribution is -2.21. The Morgan fingerprint density at radius 1 is 1.19 bits per heavy atom. The van der Waals surface area contributed by atoms with Crippen molar-refractivity contribution in [2.75, 3.05) is 0 Å². The molecule has 1 aliphatic heterocycles. The van der Waals surface area contributed by atoms with Gasteiger partial charge >= 0.3 is 5.97 Å². The molecule has 3 nitrogen and oxygen atoms in total. The number of fused-ring (bicyclic) bond motifs is 1. The Labute approximate surface area is 162 Å². The molecule has 0 spiro atoms. The number of allylic oxidation sites excluding steroid dienone is 4. The van der Waals surface area contributed by atoms with Gasteiger partial charge in [-0.2, -0.15) is 0 Å². The Hall–Kier alpha value is -2.55. The number of carboxylic acid groups (broad SMARTS) is 1. The molecule has 144 valence electrons. The highest BCUT2D eigenvalue weighted by Gasteiger charge is 2.20. The molecule has 1 aromatic rings. The molecule has 1 unspecified atom stereocenters. The second-order valence-corrected chi connectivity index (χ2v) is 6.87. The van der Waals surface area contributed by atoms with Crippen LogP contribution in [0.15, 0.2) is 65.8 Å². The molecule has 0 amide bonds. The van der Waals surface area contributed by atoms with Crippen molar-refractivity contribution in [3.63, 3.8) is 0 Å². The molecule has 3 heteroatoms. The Bertz CT molecular complexity index is 738. The van der Waals surface area contributed by atoms with Crippen LogP contribution in [-0.2, 0) is 4.79 Å². The van der Waals surface area contributed by atoms with E-state index in [1.54, 1.807) is 6.92 Å². The van der Waals surface area contributed by atoms with Crippen LogP contribution < -0.4 is 4.74 Å². The Morgan fingerprint density at radius 2 is 2.00 bits per heavy atom.